The molecule has 0 heterocycles. The maximum Gasteiger partial charge on any atom is 0.226 e. The predicted octanol–water partition coefficient (Wildman–Crippen LogP) is 3.30. The van der Waals surface area contributed by atoms with Crippen molar-refractivity contribution >= 4 is 5.91 Å². The largest absolute Gasteiger partial charge is 0.375 e. The summed E-state index contributed by atoms with van der Waals surface area (Å²) in [5.74, 6) is 0.807. The first-order valence-electron chi connectivity index (χ1n) is 7.47. The van der Waals surface area contributed by atoms with E-state index in [2.05, 4.69) is 25.7 Å². The maximum absolute atomic E-state index is 12.4. The van der Waals surface area contributed by atoms with Crippen molar-refractivity contribution in [2.45, 2.75) is 52.9 Å². The molecule has 0 aromatic heterocycles. The van der Waals surface area contributed by atoms with Gasteiger partial charge in [-0.25, -0.2) is 0 Å². The Balaban J connectivity index is 2.34. The molecule has 110 valence electrons. The zero-order valence-electron chi connectivity index (χ0n) is 12.8. The third-order valence-electron chi connectivity index (χ3n) is 3.72. The van der Waals surface area contributed by atoms with Gasteiger partial charge in [-0.1, -0.05) is 38.8 Å². The maximum atomic E-state index is 12.4. The van der Waals surface area contributed by atoms with Crippen molar-refractivity contribution < 1.29 is 9.53 Å². The minimum absolute atomic E-state index is 0.109. The molecule has 3 nitrogen and oxygen atoms in total. The van der Waals surface area contributed by atoms with Crippen molar-refractivity contribution in [1.29, 1.82) is 0 Å². The highest BCUT2D eigenvalue weighted by Gasteiger charge is 2.40. The van der Waals surface area contributed by atoms with E-state index < -0.39 is 0 Å². The summed E-state index contributed by atoms with van der Waals surface area (Å²) in [5.41, 5.74) is 0.904. The fraction of sp³-hybridized carbons (Fsp3) is 0.812. The van der Waals surface area contributed by atoms with Gasteiger partial charge in [-0.05, 0) is 32.1 Å². The van der Waals surface area contributed by atoms with E-state index >= 15 is 0 Å². The molecule has 1 amide bonds. The molecule has 1 N–H and O–H groups in total. The van der Waals surface area contributed by atoms with E-state index in [-0.39, 0.29) is 11.3 Å². The van der Waals surface area contributed by atoms with Crippen LogP contribution < -0.4 is 5.32 Å². The van der Waals surface area contributed by atoms with E-state index in [0.717, 1.165) is 24.8 Å². The molecule has 1 saturated carbocycles. The molecule has 0 aromatic rings. The molecule has 0 spiro atoms. The van der Waals surface area contributed by atoms with E-state index in [9.17, 15) is 4.79 Å². The summed E-state index contributed by atoms with van der Waals surface area (Å²) >= 11 is 0. The van der Waals surface area contributed by atoms with Gasteiger partial charge >= 0.3 is 0 Å². The second-order valence-corrected chi connectivity index (χ2v) is 6.35. The summed E-state index contributed by atoms with van der Waals surface area (Å²) in [4.78, 5) is 12.4. The summed E-state index contributed by atoms with van der Waals surface area (Å²) in [7, 11) is 0. The molecule has 0 radical (unpaired) electrons. The van der Waals surface area contributed by atoms with Gasteiger partial charge in [0, 0.05) is 12.0 Å². The molecule has 3 heteroatoms. The molecule has 0 bridgehead atoms. The lowest BCUT2D eigenvalue weighted by Crippen LogP contribution is -2.41. The summed E-state index contributed by atoms with van der Waals surface area (Å²) in [6.07, 6.45) is 5.47. The van der Waals surface area contributed by atoms with E-state index in [1.54, 1.807) is 0 Å². The Hall–Kier alpha value is -0.830. The fourth-order valence-corrected chi connectivity index (χ4v) is 3.03. The number of hydrogen-bond acceptors (Lipinski definition) is 2. The monoisotopic (exact) mass is 267 g/mol. The van der Waals surface area contributed by atoms with E-state index in [1.165, 1.54) is 12.8 Å². The lowest BCUT2D eigenvalue weighted by atomic mass is 9.77. The van der Waals surface area contributed by atoms with Gasteiger partial charge < -0.3 is 10.1 Å². The van der Waals surface area contributed by atoms with Crippen LogP contribution in [-0.4, -0.2) is 25.7 Å². The zero-order chi connectivity index (χ0) is 14.3. The Morgan fingerprint density at radius 1 is 1.37 bits per heavy atom. The predicted molar refractivity (Wildman–Crippen MR) is 79.0 cm³/mol. The van der Waals surface area contributed by atoms with Crippen LogP contribution in [0.25, 0.3) is 0 Å². The number of hydrogen-bond donors (Lipinski definition) is 1. The Morgan fingerprint density at radius 2 is 2.00 bits per heavy atom. The van der Waals surface area contributed by atoms with Gasteiger partial charge in [-0.3, -0.25) is 4.79 Å². The molecular formula is C16H29NO2. The molecule has 0 aliphatic heterocycles. The second-order valence-electron chi connectivity index (χ2n) is 6.35. The normalized spacial score (nSPS) is 17.7. The summed E-state index contributed by atoms with van der Waals surface area (Å²) in [5, 5.41) is 3.05. The van der Waals surface area contributed by atoms with Gasteiger partial charge in [0.2, 0.25) is 5.91 Å². The van der Waals surface area contributed by atoms with Gasteiger partial charge in [0.15, 0.2) is 0 Å². The molecule has 0 atom stereocenters. The van der Waals surface area contributed by atoms with Crippen molar-refractivity contribution in [3.63, 3.8) is 0 Å². The smallest absolute Gasteiger partial charge is 0.226 e. The van der Waals surface area contributed by atoms with Gasteiger partial charge in [0.25, 0.3) is 0 Å². The number of carbonyl (C=O) groups excluding carboxylic acids is 1. The van der Waals surface area contributed by atoms with Crippen molar-refractivity contribution in [3.05, 3.63) is 12.2 Å². The van der Waals surface area contributed by atoms with Crippen molar-refractivity contribution in [2.75, 3.05) is 19.8 Å². The lowest BCUT2D eigenvalue weighted by molar-refractivity contribution is -0.132. The van der Waals surface area contributed by atoms with Gasteiger partial charge in [-0.2, -0.15) is 0 Å². The molecule has 19 heavy (non-hydrogen) atoms. The van der Waals surface area contributed by atoms with Crippen LogP contribution in [0, 0.1) is 11.3 Å². The first kappa shape index (κ1) is 16.2. The molecule has 1 rings (SSSR count). The van der Waals surface area contributed by atoms with Crippen LogP contribution in [0.2, 0.25) is 0 Å². The van der Waals surface area contributed by atoms with E-state index in [0.29, 0.717) is 25.7 Å². The Labute approximate surface area is 117 Å². The van der Waals surface area contributed by atoms with Crippen LogP contribution in [0.15, 0.2) is 12.2 Å². The topological polar surface area (TPSA) is 38.3 Å². The highest BCUT2D eigenvalue weighted by molar-refractivity contribution is 5.82. The molecule has 0 aromatic carbocycles. The van der Waals surface area contributed by atoms with Crippen molar-refractivity contribution in [1.82, 2.24) is 5.32 Å². The number of ether oxygens (including phenoxy) is 1. The standard InChI is InChI=1S/C16H29NO2/c1-13(2)11-16(7-5-6-8-16)15(18)17-9-10-19-12-14(3)4/h13H,3,5-12H2,1-2,4H3,(H,17,18). The number of amides is 1. The van der Waals surface area contributed by atoms with Gasteiger partial charge in [-0.15, -0.1) is 0 Å². The first-order chi connectivity index (χ1) is 8.96. The average molecular weight is 267 g/mol. The third-order valence-corrected chi connectivity index (χ3v) is 3.72. The van der Waals surface area contributed by atoms with Crippen LogP contribution in [-0.2, 0) is 9.53 Å². The number of nitrogens with one attached hydrogen (secondary N) is 1. The van der Waals surface area contributed by atoms with Crippen LogP contribution in [0.1, 0.15) is 52.9 Å². The van der Waals surface area contributed by atoms with E-state index in [4.69, 9.17) is 4.74 Å². The van der Waals surface area contributed by atoms with Crippen LogP contribution in [0.3, 0.4) is 0 Å². The van der Waals surface area contributed by atoms with Gasteiger partial charge in [0.1, 0.15) is 0 Å². The van der Waals surface area contributed by atoms with Crippen LogP contribution >= 0.6 is 0 Å². The summed E-state index contributed by atoms with van der Waals surface area (Å²) in [6.45, 7) is 11.9. The molecular weight excluding hydrogens is 238 g/mol. The van der Waals surface area contributed by atoms with Gasteiger partial charge in [0.05, 0.1) is 13.2 Å². The Morgan fingerprint density at radius 3 is 2.53 bits per heavy atom. The minimum Gasteiger partial charge on any atom is -0.375 e. The first-order valence-corrected chi connectivity index (χ1v) is 7.47. The zero-order valence-corrected chi connectivity index (χ0v) is 12.8. The molecule has 0 saturated heterocycles. The summed E-state index contributed by atoms with van der Waals surface area (Å²) in [6, 6.07) is 0. The fourth-order valence-electron chi connectivity index (χ4n) is 3.03. The second kappa shape index (κ2) is 7.68. The van der Waals surface area contributed by atoms with Crippen LogP contribution in [0.5, 0.6) is 0 Å². The quantitative estimate of drug-likeness (QED) is 0.541. The van der Waals surface area contributed by atoms with Crippen molar-refractivity contribution in [3.8, 4) is 0 Å². The highest BCUT2D eigenvalue weighted by Crippen LogP contribution is 2.43. The molecule has 0 unspecified atom stereocenters. The van der Waals surface area contributed by atoms with Crippen molar-refractivity contribution in [2.24, 2.45) is 11.3 Å². The number of rotatable bonds is 8. The van der Waals surface area contributed by atoms with Crippen LogP contribution in [0.4, 0.5) is 0 Å². The van der Waals surface area contributed by atoms with E-state index in [1.807, 2.05) is 6.92 Å². The number of carbonyl (C=O) groups is 1. The molecule has 1 aliphatic carbocycles. The minimum atomic E-state index is -0.109. The average Bonchev–Trinajstić information content (AvgIpc) is 2.76. The Kier molecular flexibility index (Phi) is 6.56. The lowest BCUT2D eigenvalue weighted by Gasteiger charge is -2.29. The molecule has 1 aliphatic rings. The Bertz CT molecular complexity index is 304. The third kappa shape index (κ3) is 5.35. The SMILES string of the molecule is C=C(C)COCCNC(=O)C1(CC(C)C)CCCC1. The molecule has 1 fully saturated rings. The summed E-state index contributed by atoms with van der Waals surface area (Å²) < 4.78 is 5.41. The highest BCUT2D eigenvalue weighted by atomic mass is 16.5.